The maximum atomic E-state index is 12.2. The van der Waals surface area contributed by atoms with Gasteiger partial charge in [-0.3, -0.25) is 0 Å². The molecule has 128 valence electrons. The van der Waals surface area contributed by atoms with Crippen molar-refractivity contribution in [2.45, 2.75) is 33.1 Å². The first-order valence-corrected chi connectivity index (χ1v) is 7.34. The fourth-order valence-corrected chi connectivity index (χ4v) is 2.71. The van der Waals surface area contributed by atoms with Gasteiger partial charge in [0.1, 0.15) is 5.75 Å². The monoisotopic (exact) mass is 332 g/mol. The van der Waals surface area contributed by atoms with E-state index in [1.807, 2.05) is 0 Å². The van der Waals surface area contributed by atoms with Gasteiger partial charge in [-0.25, -0.2) is 0 Å². The Morgan fingerprint density at radius 2 is 1.39 bits per heavy atom. The van der Waals surface area contributed by atoms with E-state index in [4.69, 9.17) is 14.2 Å². The molecule has 0 saturated carbocycles. The van der Waals surface area contributed by atoms with E-state index in [0.29, 0.717) is 25.4 Å². The van der Waals surface area contributed by atoms with E-state index in [1.165, 1.54) is 24.3 Å². The summed E-state index contributed by atoms with van der Waals surface area (Å²) in [5.41, 5.74) is 0.229. The van der Waals surface area contributed by atoms with E-state index in [9.17, 15) is 13.2 Å². The smallest absolute Gasteiger partial charge is 0.406 e. The van der Waals surface area contributed by atoms with Gasteiger partial charge in [0, 0.05) is 11.0 Å². The minimum absolute atomic E-state index is 0.0516. The number of benzene rings is 1. The van der Waals surface area contributed by atoms with Gasteiger partial charge in [0.2, 0.25) is 0 Å². The zero-order valence-corrected chi connectivity index (χ0v) is 13.2. The highest BCUT2D eigenvalue weighted by Crippen LogP contribution is 2.51. The van der Waals surface area contributed by atoms with Crippen molar-refractivity contribution in [2.24, 2.45) is 10.8 Å². The zero-order chi connectivity index (χ0) is 16.9. The summed E-state index contributed by atoms with van der Waals surface area (Å²) in [6, 6.07) is 5.34. The number of hydrogen-bond acceptors (Lipinski definition) is 4. The van der Waals surface area contributed by atoms with Crippen molar-refractivity contribution >= 4 is 0 Å². The molecule has 0 N–H and O–H groups in total. The molecule has 0 amide bonds. The Bertz CT molecular complexity index is 550. The fraction of sp³-hybridized carbons (Fsp3) is 0.625. The predicted molar refractivity (Wildman–Crippen MR) is 74.5 cm³/mol. The summed E-state index contributed by atoms with van der Waals surface area (Å²) < 4.78 is 57.9. The SMILES string of the molecule is CC(C)(C)C12COC(c3ccc(OC(F)(F)F)cc3)(OC1)OC2. The van der Waals surface area contributed by atoms with Gasteiger partial charge >= 0.3 is 12.3 Å². The van der Waals surface area contributed by atoms with Crippen molar-refractivity contribution in [1.29, 1.82) is 0 Å². The van der Waals surface area contributed by atoms with Crippen LogP contribution in [0.1, 0.15) is 26.3 Å². The van der Waals surface area contributed by atoms with E-state index < -0.39 is 12.3 Å². The Morgan fingerprint density at radius 3 is 1.78 bits per heavy atom. The Morgan fingerprint density at radius 1 is 0.913 bits per heavy atom. The summed E-state index contributed by atoms with van der Waals surface area (Å²) in [6.07, 6.45) is -4.72. The van der Waals surface area contributed by atoms with Crippen LogP contribution in [0.15, 0.2) is 24.3 Å². The fourth-order valence-electron chi connectivity index (χ4n) is 2.71. The molecule has 0 spiro atoms. The molecule has 0 aliphatic carbocycles. The van der Waals surface area contributed by atoms with Gasteiger partial charge in [-0.2, -0.15) is 0 Å². The van der Waals surface area contributed by atoms with Crippen LogP contribution in [0.4, 0.5) is 13.2 Å². The predicted octanol–water partition coefficient (Wildman–Crippen LogP) is 3.81. The van der Waals surface area contributed by atoms with Gasteiger partial charge in [0.25, 0.3) is 0 Å². The molecule has 0 unspecified atom stereocenters. The zero-order valence-electron chi connectivity index (χ0n) is 13.2. The topological polar surface area (TPSA) is 36.9 Å². The minimum atomic E-state index is -4.72. The van der Waals surface area contributed by atoms with Crippen molar-refractivity contribution in [3.8, 4) is 5.75 Å². The van der Waals surface area contributed by atoms with Gasteiger partial charge < -0.3 is 18.9 Å². The quantitative estimate of drug-likeness (QED) is 0.825. The third kappa shape index (κ3) is 2.93. The lowest BCUT2D eigenvalue weighted by atomic mass is 9.67. The van der Waals surface area contributed by atoms with E-state index in [-0.39, 0.29) is 16.6 Å². The summed E-state index contributed by atoms with van der Waals surface area (Å²) >= 11 is 0. The van der Waals surface area contributed by atoms with Crippen molar-refractivity contribution in [3.63, 3.8) is 0 Å². The van der Waals surface area contributed by atoms with Crippen LogP contribution in [0.5, 0.6) is 5.75 Å². The number of halogens is 3. The highest BCUT2D eigenvalue weighted by Gasteiger charge is 2.58. The van der Waals surface area contributed by atoms with Gasteiger partial charge in [0.05, 0.1) is 19.8 Å². The Labute approximate surface area is 132 Å². The summed E-state index contributed by atoms with van der Waals surface area (Å²) in [4.78, 5) is 0. The van der Waals surface area contributed by atoms with Crippen molar-refractivity contribution < 1.29 is 32.1 Å². The first-order chi connectivity index (χ1) is 10.6. The maximum absolute atomic E-state index is 12.2. The molecule has 4 rings (SSSR count). The molecule has 3 aliphatic rings. The lowest BCUT2D eigenvalue weighted by Crippen LogP contribution is -2.62. The van der Waals surface area contributed by atoms with Crippen LogP contribution in [0, 0.1) is 10.8 Å². The van der Waals surface area contributed by atoms with Crippen molar-refractivity contribution in [1.82, 2.24) is 0 Å². The lowest BCUT2D eigenvalue weighted by molar-refractivity contribution is -0.489. The molecule has 7 heteroatoms. The van der Waals surface area contributed by atoms with Crippen LogP contribution in [-0.4, -0.2) is 26.2 Å². The molecule has 3 aliphatic heterocycles. The molecule has 3 heterocycles. The highest BCUT2D eigenvalue weighted by atomic mass is 19.4. The van der Waals surface area contributed by atoms with Gasteiger partial charge in [-0.15, -0.1) is 13.2 Å². The molecule has 3 fully saturated rings. The first kappa shape index (κ1) is 16.5. The summed E-state index contributed by atoms with van der Waals surface area (Å²) in [7, 11) is 0. The average Bonchev–Trinajstić information content (AvgIpc) is 2.47. The number of rotatable bonds is 2. The standard InChI is InChI=1S/C16H19F3O4/c1-13(2,3)14-8-20-15(21-9-14,22-10-14)11-4-6-12(7-5-11)23-16(17,18)19/h4-7H,8-10H2,1-3H3. The van der Waals surface area contributed by atoms with Crippen LogP contribution in [0.3, 0.4) is 0 Å². The van der Waals surface area contributed by atoms with Gasteiger partial charge in [-0.1, -0.05) is 20.8 Å². The second kappa shape index (κ2) is 5.09. The molecule has 2 bridgehead atoms. The minimum Gasteiger partial charge on any atom is -0.406 e. The number of alkyl halides is 3. The second-order valence-corrected chi connectivity index (χ2v) is 7.02. The Kier molecular flexibility index (Phi) is 3.66. The summed E-state index contributed by atoms with van der Waals surface area (Å²) in [5.74, 6) is -1.64. The molecule has 4 nitrogen and oxygen atoms in total. The van der Waals surface area contributed by atoms with Crippen LogP contribution in [0.2, 0.25) is 0 Å². The summed E-state index contributed by atoms with van der Waals surface area (Å²) in [6.45, 7) is 7.71. The Balaban J connectivity index is 1.77. The van der Waals surface area contributed by atoms with Crippen LogP contribution < -0.4 is 4.74 Å². The molecule has 0 atom stereocenters. The van der Waals surface area contributed by atoms with Crippen LogP contribution in [-0.2, 0) is 20.2 Å². The maximum Gasteiger partial charge on any atom is 0.573 e. The Hall–Kier alpha value is -1.31. The molecule has 3 saturated heterocycles. The van der Waals surface area contributed by atoms with Crippen LogP contribution >= 0.6 is 0 Å². The van der Waals surface area contributed by atoms with Gasteiger partial charge in [0.15, 0.2) is 0 Å². The molecular weight excluding hydrogens is 313 g/mol. The molecule has 1 aromatic carbocycles. The molecule has 0 radical (unpaired) electrons. The van der Waals surface area contributed by atoms with Crippen molar-refractivity contribution in [3.05, 3.63) is 29.8 Å². The van der Waals surface area contributed by atoms with Crippen molar-refractivity contribution in [2.75, 3.05) is 19.8 Å². The van der Waals surface area contributed by atoms with Crippen LogP contribution in [0.25, 0.3) is 0 Å². The van der Waals surface area contributed by atoms with E-state index in [0.717, 1.165) is 0 Å². The summed E-state index contributed by atoms with van der Waals surface area (Å²) in [5, 5.41) is 0. The average molecular weight is 332 g/mol. The molecule has 1 aromatic rings. The van der Waals surface area contributed by atoms with Gasteiger partial charge in [-0.05, 0) is 29.7 Å². The largest absolute Gasteiger partial charge is 0.573 e. The van der Waals surface area contributed by atoms with E-state index in [2.05, 4.69) is 25.5 Å². The third-order valence-electron chi connectivity index (χ3n) is 4.65. The van der Waals surface area contributed by atoms with E-state index >= 15 is 0 Å². The number of fused-ring (bicyclic) bond motifs is 3. The number of ether oxygens (including phenoxy) is 4. The molecule has 23 heavy (non-hydrogen) atoms. The lowest BCUT2D eigenvalue weighted by Gasteiger charge is -2.56. The molecule has 0 aromatic heterocycles. The number of hydrogen-bond donors (Lipinski definition) is 0. The first-order valence-electron chi connectivity index (χ1n) is 7.34. The molecular formula is C16H19F3O4. The normalized spacial score (nSPS) is 31.2. The third-order valence-corrected chi connectivity index (χ3v) is 4.65. The second-order valence-electron chi connectivity index (χ2n) is 7.02. The van der Waals surface area contributed by atoms with E-state index in [1.54, 1.807) is 0 Å². The highest BCUT2D eigenvalue weighted by molar-refractivity contribution is 5.30.